The first-order valence-corrected chi connectivity index (χ1v) is 6.84. The van der Waals surface area contributed by atoms with E-state index in [4.69, 9.17) is 5.73 Å². The van der Waals surface area contributed by atoms with Crippen molar-refractivity contribution in [3.8, 4) is 0 Å². The number of aromatic nitrogens is 4. The average molecular weight is 259 g/mol. The summed E-state index contributed by atoms with van der Waals surface area (Å²) in [5, 5.41) is 0. The van der Waals surface area contributed by atoms with Crippen LogP contribution in [0.15, 0.2) is 18.7 Å². The van der Waals surface area contributed by atoms with Gasteiger partial charge in [-0.25, -0.2) is 15.0 Å². The molecule has 0 bridgehead atoms. The van der Waals surface area contributed by atoms with Crippen molar-refractivity contribution in [2.24, 2.45) is 0 Å². The van der Waals surface area contributed by atoms with Gasteiger partial charge in [-0.05, 0) is 12.8 Å². The molecule has 0 aromatic carbocycles. The molecule has 0 saturated heterocycles. The Kier molecular flexibility index (Phi) is 4.49. The predicted molar refractivity (Wildman–Crippen MR) is 75.8 cm³/mol. The fourth-order valence-corrected chi connectivity index (χ4v) is 2.24. The van der Waals surface area contributed by atoms with Crippen molar-refractivity contribution in [3.05, 3.63) is 35.8 Å². The minimum absolute atomic E-state index is 0.598. The normalized spacial score (nSPS) is 10.8. The van der Waals surface area contributed by atoms with Gasteiger partial charge in [-0.15, -0.1) is 0 Å². The molecule has 5 heteroatoms. The standard InChI is InChI=1S/C14H21N5/c1-3-5-11-12(17-10-18-14(11)15)9-13-16-6-8-19(13)7-4-2/h6,8,10H,3-5,7,9H2,1-2H3,(H2,15,17,18). The van der Waals surface area contributed by atoms with E-state index in [0.717, 1.165) is 49.3 Å². The van der Waals surface area contributed by atoms with Crippen LogP contribution in [0, 0.1) is 0 Å². The van der Waals surface area contributed by atoms with Crippen molar-refractivity contribution in [2.75, 3.05) is 5.73 Å². The monoisotopic (exact) mass is 259 g/mol. The highest BCUT2D eigenvalue weighted by atomic mass is 15.1. The second-order valence-corrected chi connectivity index (χ2v) is 4.65. The van der Waals surface area contributed by atoms with Gasteiger partial charge in [0, 0.05) is 30.9 Å². The number of rotatable bonds is 6. The van der Waals surface area contributed by atoms with E-state index in [0.29, 0.717) is 5.82 Å². The summed E-state index contributed by atoms with van der Waals surface area (Å²) < 4.78 is 2.17. The molecule has 5 nitrogen and oxygen atoms in total. The van der Waals surface area contributed by atoms with Gasteiger partial charge in [0.2, 0.25) is 0 Å². The van der Waals surface area contributed by atoms with Crippen molar-refractivity contribution in [2.45, 2.75) is 46.1 Å². The van der Waals surface area contributed by atoms with Crippen LogP contribution in [0.3, 0.4) is 0 Å². The van der Waals surface area contributed by atoms with Crippen LogP contribution in [-0.4, -0.2) is 19.5 Å². The van der Waals surface area contributed by atoms with E-state index >= 15 is 0 Å². The highest BCUT2D eigenvalue weighted by molar-refractivity contribution is 5.42. The summed E-state index contributed by atoms with van der Waals surface area (Å²) in [4.78, 5) is 12.9. The molecular formula is C14H21N5. The number of hydrogen-bond donors (Lipinski definition) is 1. The van der Waals surface area contributed by atoms with Crippen LogP contribution in [0.4, 0.5) is 5.82 Å². The predicted octanol–water partition coefficient (Wildman–Crippen LogP) is 2.21. The zero-order valence-electron chi connectivity index (χ0n) is 11.6. The molecule has 2 heterocycles. The Hall–Kier alpha value is -1.91. The highest BCUT2D eigenvalue weighted by Gasteiger charge is 2.11. The minimum Gasteiger partial charge on any atom is -0.383 e. The van der Waals surface area contributed by atoms with Crippen LogP contribution >= 0.6 is 0 Å². The maximum absolute atomic E-state index is 5.95. The summed E-state index contributed by atoms with van der Waals surface area (Å²) in [5.74, 6) is 1.64. The molecular weight excluding hydrogens is 238 g/mol. The number of nitrogen functional groups attached to an aromatic ring is 1. The summed E-state index contributed by atoms with van der Waals surface area (Å²) in [5.41, 5.74) is 8.02. The second-order valence-electron chi connectivity index (χ2n) is 4.65. The zero-order chi connectivity index (χ0) is 13.7. The van der Waals surface area contributed by atoms with Gasteiger partial charge in [-0.3, -0.25) is 0 Å². The molecule has 0 atom stereocenters. The highest BCUT2D eigenvalue weighted by Crippen LogP contribution is 2.17. The molecule has 0 amide bonds. The molecule has 0 aliphatic carbocycles. The van der Waals surface area contributed by atoms with Crippen LogP contribution in [-0.2, 0) is 19.4 Å². The van der Waals surface area contributed by atoms with E-state index < -0.39 is 0 Å². The second kappa shape index (κ2) is 6.31. The lowest BCUT2D eigenvalue weighted by Crippen LogP contribution is -2.09. The molecule has 2 aromatic rings. The third-order valence-electron chi connectivity index (χ3n) is 3.16. The maximum Gasteiger partial charge on any atom is 0.130 e. The Balaban J connectivity index is 2.27. The Bertz CT molecular complexity index is 532. The van der Waals surface area contributed by atoms with Crippen LogP contribution in [0.5, 0.6) is 0 Å². The maximum atomic E-state index is 5.95. The third-order valence-corrected chi connectivity index (χ3v) is 3.16. The first-order valence-electron chi connectivity index (χ1n) is 6.84. The van der Waals surface area contributed by atoms with Gasteiger partial charge in [0.05, 0.1) is 5.69 Å². The Labute approximate surface area is 113 Å². The summed E-state index contributed by atoms with van der Waals surface area (Å²) in [6, 6.07) is 0. The number of aryl methyl sites for hydroxylation is 1. The Morgan fingerprint density at radius 1 is 1.16 bits per heavy atom. The first-order chi connectivity index (χ1) is 9.26. The molecule has 0 aliphatic heterocycles. The van der Waals surface area contributed by atoms with Crippen LogP contribution in [0.1, 0.15) is 43.8 Å². The van der Waals surface area contributed by atoms with E-state index in [-0.39, 0.29) is 0 Å². The molecule has 0 fully saturated rings. The molecule has 0 saturated carbocycles. The summed E-state index contributed by atoms with van der Waals surface area (Å²) in [7, 11) is 0. The molecule has 2 aromatic heterocycles. The minimum atomic E-state index is 0.598. The number of hydrogen-bond acceptors (Lipinski definition) is 4. The Morgan fingerprint density at radius 3 is 2.74 bits per heavy atom. The molecule has 0 unspecified atom stereocenters. The van der Waals surface area contributed by atoms with E-state index in [1.807, 2.05) is 12.4 Å². The lowest BCUT2D eigenvalue weighted by molar-refractivity contribution is 0.643. The zero-order valence-corrected chi connectivity index (χ0v) is 11.6. The van der Waals surface area contributed by atoms with Crippen molar-refractivity contribution in [1.82, 2.24) is 19.5 Å². The summed E-state index contributed by atoms with van der Waals surface area (Å²) in [6.07, 6.45) is 9.16. The van der Waals surface area contributed by atoms with Crippen LogP contribution in [0.25, 0.3) is 0 Å². The molecule has 0 aliphatic rings. The molecule has 0 spiro atoms. The SMILES string of the molecule is CCCc1c(N)ncnc1Cc1nccn1CCC. The van der Waals surface area contributed by atoms with Gasteiger partial charge in [-0.2, -0.15) is 0 Å². The largest absolute Gasteiger partial charge is 0.383 e. The first kappa shape index (κ1) is 13.5. The molecule has 102 valence electrons. The van der Waals surface area contributed by atoms with Crippen LogP contribution in [0.2, 0.25) is 0 Å². The lowest BCUT2D eigenvalue weighted by atomic mass is 10.1. The fourth-order valence-electron chi connectivity index (χ4n) is 2.24. The quantitative estimate of drug-likeness (QED) is 0.863. The smallest absolute Gasteiger partial charge is 0.130 e. The van der Waals surface area contributed by atoms with Gasteiger partial charge in [0.1, 0.15) is 18.0 Å². The Morgan fingerprint density at radius 2 is 2.00 bits per heavy atom. The summed E-state index contributed by atoms with van der Waals surface area (Å²) in [6.45, 7) is 5.28. The topological polar surface area (TPSA) is 69.6 Å². The number of anilines is 1. The van der Waals surface area contributed by atoms with Gasteiger partial charge in [0.15, 0.2) is 0 Å². The fraction of sp³-hybridized carbons (Fsp3) is 0.500. The number of nitrogens with two attached hydrogens (primary N) is 1. The van der Waals surface area contributed by atoms with Gasteiger partial charge >= 0.3 is 0 Å². The lowest BCUT2D eigenvalue weighted by Gasteiger charge is -2.10. The average Bonchev–Trinajstić information content (AvgIpc) is 2.82. The third kappa shape index (κ3) is 3.10. The van der Waals surface area contributed by atoms with Gasteiger partial charge < -0.3 is 10.3 Å². The van der Waals surface area contributed by atoms with E-state index in [9.17, 15) is 0 Å². The number of nitrogens with zero attached hydrogens (tertiary/aromatic N) is 4. The van der Waals surface area contributed by atoms with Crippen molar-refractivity contribution in [1.29, 1.82) is 0 Å². The van der Waals surface area contributed by atoms with E-state index in [2.05, 4.69) is 33.4 Å². The van der Waals surface area contributed by atoms with Crippen molar-refractivity contribution in [3.63, 3.8) is 0 Å². The summed E-state index contributed by atoms with van der Waals surface area (Å²) >= 11 is 0. The van der Waals surface area contributed by atoms with E-state index in [1.54, 1.807) is 0 Å². The molecule has 2 rings (SSSR count). The molecule has 2 N–H and O–H groups in total. The van der Waals surface area contributed by atoms with Gasteiger partial charge in [0.25, 0.3) is 0 Å². The van der Waals surface area contributed by atoms with E-state index in [1.165, 1.54) is 6.33 Å². The van der Waals surface area contributed by atoms with Crippen molar-refractivity contribution >= 4 is 5.82 Å². The van der Waals surface area contributed by atoms with Crippen molar-refractivity contribution < 1.29 is 0 Å². The van der Waals surface area contributed by atoms with Crippen LogP contribution < -0.4 is 5.73 Å². The van der Waals surface area contributed by atoms with Gasteiger partial charge in [-0.1, -0.05) is 20.3 Å². The molecule has 19 heavy (non-hydrogen) atoms. The number of imidazole rings is 1. The molecule has 0 radical (unpaired) electrons.